The Hall–Kier alpha value is -4.99. The fourth-order valence-corrected chi connectivity index (χ4v) is 3.41. The molecule has 0 aliphatic carbocycles. The maximum atomic E-state index is 13.2. The van der Waals surface area contributed by atoms with E-state index in [1.165, 1.54) is 0 Å². The number of furan rings is 1. The lowest BCUT2D eigenvalue weighted by molar-refractivity contribution is -0.192. The molecule has 2 N–H and O–H groups in total. The smallest absolute Gasteiger partial charge is 0.475 e. The molecule has 10 heteroatoms. The molecule has 3 aromatic heterocycles. The summed E-state index contributed by atoms with van der Waals surface area (Å²) in [4.78, 5) is 30.9. The summed E-state index contributed by atoms with van der Waals surface area (Å²) in [7, 11) is 0. The molecular weight excluding hydrogens is 487 g/mol. The van der Waals surface area contributed by atoms with Gasteiger partial charge in [-0.1, -0.05) is 36.4 Å². The number of anilines is 1. The highest BCUT2D eigenvalue weighted by Crippen LogP contribution is 2.30. The summed E-state index contributed by atoms with van der Waals surface area (Å²) in [5.41, 5.74) is 4.58. The molecule has 2 aromatic carbocycles. The molecule has 186 valence electrons. The first-order chi connectivity index (χ1) is 17.7. The lowest BCUT2D eigenvalue weighted by atomic mass is 9.99. The quantitative estimate of drug-likeness (QED) is 0.291. The van der Waals surface area contributed by atoms with Gasteiger partial charge in [-0.2, -0.15) is 13.2 Å². The minimum absolute atomic E-state index is 0.228. The Balaban J connectivity index is 0.000000405. The SMILES string of the molecule is O=C(Nc1cccnc1)c1cc(-c2ccco2)nc2ccc(-c3ccccc3)cc12.O=C(O)C(F)(F)F. The molecular formula is C27H18F3N3O4. The number of carboxylic acids is 1. The predicted molar refractivity (Wildman–Crippen MR) is 131 cm³/mol. The van der Waals surface area contributed by atoms with Crippen LogP contribution in [0.5, 0.6) is 0 Å². The first-order valence-electron chi connectivity index (χ1n) is 10.8. The Labute approximate surface area is 208 Å². The molecule has 0 fully saturated rings. The first-order valence-corrected chi connectivity index (χ1v) is 10.8. The summed E-state index contributed by atoms with van der Waals surface area (Å²) in [6.07, 6.45) is -0.210. The Bertz CT molecular complexity index is 1520. The molecule has 37 heavy (non-hydrogen) atoms. The van der Waals surface area contributed by atoms with Crippen LogP contribution in [0.4, 0.5) is 18.9 Å². The molecule has 0 aliphatic heterocycles. The van der Waals surface area contributed by atoms with Gasteiger partial charge in [-0.15, -0.1) is 0 Å². The van der Waals surface area contributed by atoms with Gasteiger partial charge in [0.1, 0.15) is 5.69 Å². The van der Waals surface area contributed by atoms with E-state index in [0.717, 1.165) is 22.0 Å². The van der Waals surface area contributed by atoms with E-state index in [1.54, 1.807) is 42.9 Å². The molecule has 5 rings (SSSR count). The van der Waals surface area contributed by atoms with Gasteiger partial charge in [-0.05, 0) is 53.6 Å². The van der Waals surface area contributed by atoms with Gasteiger partial charge in [0, 0.05) is 11.6 Å². The standard InChI is InChI=1S/C25H17N3O2.C2HF3O2/c29-25(27-19-8-4-12-26-16-19)21-15-23(24-9-5-13-30-24)28-22-11-10-18(14-20(21)22)17-6-2-1-3-7-17;3-2(4,5)1(6)7/h1-16H,(H,27,29);(H,6,7). The molecule has 5 aromatic rings. The highest BCUT2D eigenvalue weighted by atomic mass is 19.4. The molecule has 1 amide bonds. The van der Waals surface area contributed by atoms with Crippen molar-refractivity contribution in [2.75, 3.05) is 5.32 Å². The zero-order valence-corrected chi connectivity index (χ0v) is 18.9. The number of carbonyl (C=O) groups excluding carboxylic acids is 1. The van der Waals surface area contributed by atoms with Crippen LogP contribution in [-0.2, 0) is 4.79 Å². The number of rotatable bonds is 4. The fourth-order valence-electron chi connectivity index (χ4n) is 3.41. The number of hydrogen-bond acceptors (Lipinski definition) is 5. The molecule has 0 atom stereocenters. The third kappa shape index (κ3) is 6.17. The Morgan fingerprint density at radius 1 is 0.892 bits per heavy atom. The van der Waals surface area contributed by atoms with Crippen LogP contribution in [-0.4, -0.2) is 33.1 Å². The summed E-state index contributed by atoms with van der Waals surface area (Å²) in [6, 6.07) is 25.0. The Morgan fingerprint density at radius 2 is 1.65 bits per heavy atom. The zero-order valence-electron chi connectivity index (χ0n) is 18.9. The highest BCUT2D eigenvalue weighted by molar-refractivity contribution is 6.13. The molecule has 0 aliphatic rings. The van der Waals surface area contributed by atoms with E-state index in [9.17, 15) is 18.0 Å². The lowest BCUT2D eigenvalue weighted by Crippen LogP contribution is -2.21. The third-order valence-electron chi connectivity index (χ3n) is 5.10. The van der Waals surface area contributed by atoms with E-state index in [1.807, 2.05) is 54.6 Å². The summed E-state index contributed by atoms with van der Waals surface area (Å²) in [5, 5.41) is 10.8. The minimum atomic E-state index is -5.08. The minimum Gasteiger partial charge on any atom is -0.475 e. The van der Waals surface area contributed by atoms with Crippen molar-refractivity contribution in [1.82, 2.24) is 9.97 Å². The van der Waals surface area contributed by atoms with Gasteiger partial charge >= 0.3 is 12.1 Å². The van der Waals surface area contributed by atoms with Gasteiger partial charge in [0.25, 0.3) is 5.91 Å². The van der Waals surface area contributed by atoms with Crippen molar-refractivity contribution in [2.24, 2.45) is 0 Å². The lowest BCUT2D eigenvalue weighted by Gasteiger charge is -2.11. The topological polar surface area (TPSA) is 105 Å². The van der Waals surface area contributed by atoms with Crippen LogP contribution >= 0.6 is 0 Å². The number of alkyl halides is 3. The van der Waals surface area contributed by atoms with Crippen molar-refractivity contribution in [3.8, 4) is 22.6 Å². The van der Waals surface area contributed by atoms with Gasteiger partial charge in [0.15, 0.2) is 5.76 Å². The maximum absolute atomic E-state index is 13.2. The Morgan fingerprint density at radius 3 is 2.27 bits per heavy atom. The summed E-state index contributed by atoms with van der Waals surface area (Å²) in [5.74, 6) is -2.37. The normalized spacial score (nSPS) is 10.9. The van der Waals surface area contributed by atoms with Gasteiger partial charge in [0.2, 0.25) is 0 Å². The summed E-state index contributed by atoms with van der Waals surface area (Å²) in [6.45, 7) is 0. The third-order valence-corrected chi connectivity index (χ3v) is 5.10. The summed E-state index contributed by atoms with van der Waals surface area (Å²) >= 11 is 0. The highest BCUT2D eigenvalue weighted by Gasteiger charge is 2.38. The number of aromatic nitrogens is 2. The number of halogens is 3. The number of pyridine rings is 2. The van der Waals surface area contributed by atoms with Gasteiger partial charge in [0.05, 0.1) is 29.2 Å². The largest absolute Gasteiger partial charge is 0.490 e. The fraction of sp³-hybridized carbons (Fsp3) is 0.0370. The zero-order chi connectivity index (χ0) is 26.4. The van der Waals surface area contributed by atoms with Crippen LogP contribution in [0.25, 0.3) is 33.5 Å². The Kier molecular flexibility index (Phi) is 7.28. The number of hydrogen-bond donors (Lipinski definition) is 2. The first kappa shape index (κ1) is 25.1. The van der Waals surface area contributed by atoms with Crippen molar-refractivity contribution in [3.63, 3.8) is 0 Å². The van der Waals surface area contributed by atoms with E-state index in [2.05, 4.69) is 10.3 Å². The second kappa shape index (κ2) is 10.7. The number of aliphatic carboxylic acids is 1. The maximum Gasteiger partial charge on any atom is 0.490 e. The average Bonchev–Trinajstić information content (AvgIpc) is 3.44. The van der Waals surface area contributed by atoms with Crippen LogP contribution < -0.4 is 5.32 Å². The van der Waals surface area contributed by atoms with E-state index in [-0.39, 0.29) is 5.91 Å². The monoisotopic (exact) mass is 505 g/mol. The van der Waals surface area contributed by atoms with Crippen LogP contribution in [0, 0.1) is 0 Å². The van der Waals surface area contributed by atoms with E-state index in [4.69, 9.17) is 19.3 Å². The molecule has 7 nitrogen and oxygen atoms in total. The molecule has 0 radical (unpaired) electrons. The van der Waals surface area contributed by atoms with Gasteiger partial charge in [-0.3, -0.25) is 9.78 Å². The van der Waals surface area contributed by atoms with Crippen molar-refractivity contribution in [3.05, 3.63) is 103 Å². The number of carbonyl (C=O) groups is 2. The average molecular weight is 505 g/mol. The molecule has 0 unspecified atom stereocenters. The number of fused-ring (bicyclic) bond motifs is 1. The van der Waals surface area contributed by atoms with Crippen molar-refractivity contribution < 1.29 is 32.3 Å². The van der Waals surface area contributed by atoms with Crippen molar-refractivity contribution in [1.29, 1.82) is 0 Å². The van der Waals surface area contributed by atoms with Crippen molar-refractivity contribution >= 4 is 28.5 Å². The molecule has 0 saturated carbocycles. The number of nitrogens with zero attached hydrogens (tertiary/aromatic N) is 2. The van der Waals surface area contributed by atoms with Crippen LogP contribution in [0.15, 0.2) is 102 Å². The predicted octanol–water partition coefficient (Wildman–Crippen LogP) is 6.44. The second-order valence-corrected chi connectivity index (χ2v) is 7.63. The van der Waals surface area contributed by atoms with E-state index in [0.29, 0.717) is 22.7 Å². The molecule has 0 bridgehead atoms. The van der Waals surface area contributed by atoms with Gasteiger partial charge in [-0.25, -0.2) is 9.78 Å². The van der Waals surface area contributed by atoms with Crippen LogP contribution in [0.3, 0.4) is 0 Å². The summed E-state index contributed by atoms with van der Waals surface area (Å²) < 4.78 is 37.2. The van der Waals surface area contributed by atoms with Crippen molar-refractivity contribution in [2.45, 2.75) is 6.18 Å². The number of nitrogens with one attached hydrogen (secondary N) is 1. The number of carboxylic acid groups (broad SMARTS) is 1. The molecule has 3 heterocycles. The second-order valence-electron chi connectivity index (χ2n) is 7.63. The van der Waals surface area contributed by atoms with Crippen LogP contribution in [0.1, 0.15) is 10.4 Å². The van der Waals surface area contributed by atoms with E-state index >= 15 is 0 Å². The molecule has 0 saturated heterocycles. The van der Waals surface area contributed by atoms with Crippen LogP contribution in [0.2, 0.25) is 0 Å². The number of amides is 1. The van der Waals surface area contributed by atoms with Gasteiger partial charge < -0.3 is 14.8 Å². The number of benzene rings is 2. The van der Waals surface area contributed by atoms with E-state index < -0.39 is 12.1 Å². The molecule has 0 spiro atoms.